The van der Waals surface area contributed by atoms with E-state index in [1.165, 1.54) is 18.5 Å². The van der Waals surface area contributed by atoms with Crippen LogP contribution in [0.3, 0.4) is 0 Å². The van der Waals surface area contributed by atoms with Crippen LogP contribution in [0.1, 0.15) is 32.4 Å². The minimum Gasteiger partial charge on any atom is -0.355 e. The third kappa shape index (κ3) is 2.36. The van der Waals surface area contributed by atoms with Gasteiger partial charge in [-0.25, -0.2) is 4.98 Å². The van der Waals surface area contributed by atoms with Gasteiger partial charge in [-0.2, -0.15) is 0 Å². The summed E-state index contributed by atoms with van der Waals surface area (Å²) in [6.45, 7) is 4.48. The number of aromatic nitrogens is 2. The van der Waals surface area contributed by atoms with Crippen molar-refractivity contribution < 1.29 is 0 Å². The summed E-state index contributed by atoms with van der Waals surface area (Å²) in [6.07, 6.45) is 4.49. The molecule has 0 aliphatic heterocycles. The molecule has 1 unspecified atom stereocenters. The standard InChI is InChI=1S/C12H18BrN3S/c1-4-5-9(2)15(3)11-10(8-13)16-6-7-17-12(16)14-11/h6-7,9H,4-5,8H2,1-3H3. The fourth-order valence-corrected chi connectivity index (χ4v) is 3.30. The van der Waals surface area contributed by atoms with Gasteiger partial charge in [0.2, 0.25) is 0 Å². The van der Waals surface area contributed by atoms with Gasteiger partial charge in [-0.1, -0.05) is 29.3 Å². The van der Waals surface area contributed by atoms with Crippen molar-refractivity contribution in [1.82, 2.24) is 9.38 Å². The molecule has 2 aromatic rings. The summed E-state index contributed by atoms with van der Waals surface area (Å²) in [6, 6.07) is 0.530. The van der Waals surface area contributed by atoms with E-state index >= 15 is 0 Å². The topological polar surface area (TPSA) is 20.5 Å². The molecular formula is C12H18BrN3S. The van der Waals surface area contributed by atoms with Gasteiger partial charge >= 0.3 is 0 Å². The zero-order valence-corrected chi connectivity index (χ0v) is 12.9. The maximum Gasteiger partial charge on any atom is 0.195 e. The summed E-state index contributed by atoms with van der Waals surface area (Å²) >= 11 is 5.25. The van der Waals surface area contributed by atoms with E-state index in [0.29, 0.717) is 6.04 Å². The lowest BCUT2D eigenvalue weighted by atomic mass is 10.2. The highest BCUT2D eigenvalue weighted by molar-refractivity contribution is 9.08. The molecule has 0 saturated carbocycles. The summed E-state index contributed by atoms with van der Waals surface area (Å²) in [5.41, 5.74) is 1.24. The van der Waals surface area contributed by atoms with Crippen molar-refractivity contribution in [3.05, 3.63) is 17.3 Å². The van der Waals surface area contributed by atoms with Gasteiger partial charge in [0.25, 0.3) is 0 Å². The molecule has 94 valence electrons. The normalized spacial score (nSPS) is 13.2. The Morgan fingerprint density at radius 3 is 3.00 bits per heavy atom. The van der Waals surface area contributed by atoms with Crippen LogP contribution in [-0.4, -0.2) is 22.5 Å². The second kappa shape index (κ2) is 5.40. The van der Waals surface area contributed by atoms with Crippen LogP contribution in [0.25, 0.3) is 4.96 Å². The van der Waals surface area contributed by atoms with E-state index in [2.05, 4.69) is 57.7 Å². The molecule has 0 amide bonds. The minimum atomic E-state index is 0.530. The second-order valence-electron chi connectivity index (χ2n) is 4.32. The van der Waals surface area contributed by atoms with Crippen molar-refractivity contribution >= 4 is 38.0 Å². The first-order valence-electron chi connectivity index (χ1n) is 5.92. The molecule has 2 rings (SSSR count). The SMILES string of the molecule is CCCC(C)N(C)c1nc2sccn2c1CBr. The molecule has 0 spiro atoms. The first kappa shape index (κ1) is 12.9. The lowest BCUT2D eigenvalue weighted by Gasteiger charge is -2.25. The molecular weight excluding hydrogens is 298 g/mol. The Bertz CT molecular complexity index is 491. The van der Waals surface area contributed by atoms with Crippen molar-refractivity contribution in [1.29, 1.82) is 0 Å². The predicted octanol–water partition coefficient (Wildman–Crippen LogP) is 3.92. The van der Waals surface area contributed by atoms with E-state index < -0.39 is 0 Å². The van der Waals surface area contributed by atoms with Gasteiger partial charge in [0, 0.05) is 30.0 Å². The molecule has 0 aliphatic carbocycles. The Morgan fingerprint density at radius 1 is 1.59 bits per heavy atom. The van der Waals surface area contributed by atoms with E-state index in [0.717, 1.165) is 16.1 Å². The van der Waals surface area contributed by atoms with E-state index in [4.69, 9.17) is 4.98 Å². The number of thiazole rings is 1. The van der Waals surface area contributed by atoms with Crippen LogP contribution in [0, 0.1) is 0 Å². The van der Waals surface area contributed by atoms with Gasteiger partial charge in [-0.05, 0) is 13.3 Å². The first-order chi connectivity index (χ1) is 8.19. The third-order valence-corrected chi connectivity index (χ3v) is 4.46. The molecule has 0 N–H and O–H groups in total. The van der Waals surface area contributed by atoms with Crippen LogP contribution in [0.15, 0.2) is 11.6 Å². The Morgan fingerprint density at radius 2 is 2.35 bits per heavy atom. The average Bonchev–Trinajstić information content (AvgIpc) is 2.87. The molecule has 2 aromatic heterocycles. The number of alkyl halides is 1. The minimum absolute atomic E-state index is 0.530. The number of hydrogen-bond donors (Lipinski definition) is 0. The summed E-state index contributed by atoms with van der Waals surface area (Å²) in [5.74, 6) is 1.11. The number of nitrogens with zero attached hydrogens (tertiary/aromatic N) is 3. The van der Waals surface area contributed by atoms with Crippen molar-refractivity contribution in [2.24, 2.45) is 0 Å². The maximum atomic E-state index is 4.72. The highest BCUT2D eigenvalue weighted by Gasteiger charge is 2.18. The molecule has 0 radical (unpaired) electrons. The number of halogens is 1. The molecule has 1 atom stereocenters. The summed E-state index contributed by atoms with van der Waals surface area (Å²) < 4.78 is 2.17. The summed E-state index contributed by atoms with van der Waals surface area (Å²) in [4.78, 5) is 8.09. The Kier molecular flexibility index (Phi) is 4.09. The Balaban J connectivity index is 2.36. The molecule has 0 aliphatic rings. The number of anilines is 1. The number of rotatable bonds is 5. The van der Waals surface area contributed by atoms with E-state index in [1.807, 2.05) is 0 Å². The van der Waals surface area contributed by atoms with Crippen LogP contribution in [0.4, 0.5) is 5.82 Å². The molecule has 2 heterocycles. The van der Waals surface area contributed by atoms with E-state index in [1.54, 1.807) is 11.3 Å². The Hall–Kier alpha value is -0.550. The predicted molar refractivity (Wildman–Crippen MR) is 78.5 cm³/mol. The van der Waals surface area contributed by atoms with E-state index in [-0.39, 0.29) is 0 Å². The smallest absolute Gasteiger partial charge is 0.195 e. The fourth-order valence-electron chi connectivity index (χ4n) is 2.05. The van der Waals surface area contributed by atoms with Gasteiger partial charge in [-0.3, -0.25) is 4.40 Å². The molecule has 17 heavy (non-hydrogen) atoms. The van der Waals surface area contributed by atoms with Crippen molar-refractivity contribution in [2.45, 2.75) is 38.1 Å². The molecule has 0 saturated heterocycles. The van der Waals surface area contributed by atoms with Crippen LogP contribution in [0.2, 0.25) is 0 Å². The maximum absolute atomic E-state index is 4.72. The zero-order chi connectivity index (χ0) is 12.4. The van der Waals surface area contributed by atoms with Crippen LogP contribution in [0.5, 0.6) is 0 Å². The number of imidazole rings is 1. The van der Waals surface area contributed by atoms with Crippen molar-refractivity contribution in [3.8, 4) is 0 Å². The highest BCUT2D eigenvalue weighted by Crippen LogP contribution is 2.27. The largest absolute Gasteiger partial charge is 0.355 e. The fraction of sp³-hybridized carbons (Fsp3) is 0.583. The monoisotopic (exact) mass is 315 g/mol. The van der Waals surface area contributed by atoms with Crippen molar-refractivity contribution in [2.75, 3.05) is 11.9 Å². The third-order valence-electron chi connectivity index (χ3n) is 3.17. The van der Waals surface area contributed by atoms with Gasteiger partial charge in [0.15, 0.2) is 10.8 Å². The first-order valence-corrected chi connectivity index (χ1v) is 7.92. The zero-order valence-electron chi connectivity index (χ0n) is 10.5. The average molecular weight is 316 g/mol. The molecule has 5 heteroatoms. The molecule has 3 nitrogen and oxygen atoms in total. The molecule has 0 fully saturated rings. The van der Waals surface area contributed by atoms with E-state index in [9.17, 15) is 0 Å². The molecule has 0 bridgehead atoms. The van der Waals surface area contributed by atoms with Crippen molar-refractivity contribution in [3.63, 3.8) is 0 Å². The quantitative estimate of drug-likeness (QED) is 0.780. The van der Waals surface area contributed by atoms with Gasteiger partial charge < -0.3 is 4.90 Å². The Labute approximate surface area is 115 Å². The van der Waals surface area contributed by atoms with Crippen LogP contribution in [-0.2, 0) is 5.33 Å². The van der Waals surface area contributed by atoms with Gasteiger partial charge in [0.05, 0.1) is 5.69 Å². The van der Waals surface area contributed by atoms with Gasteiger partial charge in [-0.15, -0.1) is 11.3 Å². The van der Waals surface area contributed by atoms with Gasteiger partial charge in [0.1, 0.15) is 0 Å². The van der Waals surface area contributed by atoms with Crippen LogP contribution < -0.4 is 4.90 Å². The second-order valence-corrected chi connectivity index (χ2v) is 5.75. The summed E-state index contributed by atoms with van der Waals surface area (Å²) in [7, 11) is 2.14. The summed E-state index contributed by atoms with van der Waals surface area (Å²) in [5, 5.41) is 2.91. The lowest BCUT2D eigenvalue weighted by Crippen LogP contribution is -2.29. The highest BCUT2D eigenvalue weighted by atomic mass is 79.9. The lowest BCUT2D eigenvalue weighted by molar-refractivity contribution is 0.611. The van der Waals surface area contributed by atoms with Crippen LogP contribution >= 0.6 is 27.3 Å². The molecule has 0 aromatic carbocycles. The number of fused-ring (bicyclic) bond motifs is 1. The number of hydrogen-bond acceptors (Lipinski definition) is 3.